The smallest absolute Gasteiger partial charge is 0.221 e. The number of carbonyl (C=O) groups excluding carboxylic acids is 1. The Morgan fingerprint density at radius 1 is 1.35 bits per heavy atom. The van der Waals surface area contributed by atoms with Gasteiger partial charge in [-0.3, -0.25) is 14.5 Å². The zero-order valence-electron chi connectivity index (χ0n) is 14.4. The molecule has 0 aliphatic carbocycles. The summed E-state index contributed by atoms with van der Waals surface area (Å²) in [6.07, 6.45) is 1.07. The van der Waals surface area contributed by atoms with Crippen molar-refractivity contribution in [2.45, 2.75) is 19.4 Å². The predicted molar refractivity (Wildman–Crippen MR) is 105 cm³/mol. The Morgan fingerprint density at radius 3 is 2.96 bits per heavy atom. The molecule has 3 aromatic rings. The van der Waals surface area contributed by atoms with Gasteiger partial charge in [-0.15, -0.1) is 11.3 Å². The van der Waals surface area contributed by atoms with Gasteiger partial charge >= 0.3 is 0 Å². The van der Waals surface area contributed by atoms with Gasteiger partial charge in [0.1, 0.15) is 5.75 Å². The molecule has 2 heterocycles. The molecule has 26 heavy (non-hydrogen) atoms. The summed E-state index contributed by atoms with van der Waals surface area (Å²) in [4.78, 5) is 13.2. The second-order valence-corrected chi connectivity index (χ2v) is 6.98. The van der Waals surface area contributed by atoms with Crippen LogP contribution >= 0.6 is 23.6 Å². The monoisotopic (exact) mass is 388 g/mol. The fourth-order valence-electron chi connectivity index (χ4n) is 2.67. The van der Waals surface area contributed by atoms with E-state index in [0.29, 0.717) is 24.3 Å². The predicted octanol–water partition coefficient (Wildman–Crippen LogP) is 3.43. The lowest BCUT2D eigenvalue weighted by Gasteiger charge is -2.09. The van der Waals surface area contributed by atoms with Crippen molar-refractivity contribution < 1.29 is 9.53 Å². The largest absolute Gasteiger partial charge is 0.496 e. The molecule has 1 amide bonds. The minimum Gasteiger partial charge on any atom is -0.496 e. The Labute approximate surface area is 160 Å². The Morgan fingerprint density at radius 2 is 2.19 bits per heavy atom. The highest BCUT2D eigenvalue weighted by Crippen LogP contribution is 2.23. The maximum atomic E-state index is 12.2. The van der Waals surface area contributed by atoms with E-state index in [-0.39, 0.29) is 5.91 Å². The standard InChI is InChI=1S/C18H20N4O2S2/c1-24-14-6-3-2-5-13(14)8-10-19-16(23)9-11-22-17(20-21-18(22)25)15-7-4-12-26-15/h2-7,12H,8-11H2,1H3,(H,19,23)(H,21,25). The second kappa shape index (κ2) is 8.77. The van der Waals surface area contributed by atoms with Gasteiger partial charge in [0, 0.05) is 19.5 Å². The molecular formula is C18H20N4O2S2. The highest BCUT2D eigenvalue weighted by atomic mass is 32.1. The van der Waals surface area contributed by atoms with Crippen molar-refractivity contribution in [3.63, 3.8) is 0 Å². The minimum atomic E-state index is -0.0138. The molecule has 0 unspecified atom stereocenters. The van der Waals surface area contributed by atoms with Crippen molar-refractivity contribution in [1.29, 1.82) is 0 Å². The van der Waals surface area contributed by atoms with Gasteiger partial charge in [0.2, 0.25) is 5.91 Å². The summed E-state index contributed by atoms with van der Waals surface area (Å²) in [6.45, 7) is 1.05. The normalized spacial score (nSPS) is 10.7. The van der Waals surface area contributed by atoms with E-state index >= 15 is 0 Å². The fourth-order valence-corrected chi connectivity index (χ4v) is 3.61. The third-order valence-corrected chi connectivity index (χ3v) is 5.15. The van der Waals surface area contributed by atoms with E-state index in [4.69, 9.17) is 17.0 Å². The number of benzene rings is 1. The van der Waals surface area contributed by atoms with E-state index in [1.807, 2.05) is 46.3 Å². The lowest BCUT2D eigenvalue weighted by molar-refractivity contribution is -0.121. The molecule has 0 bridgehead atoms. The maximum absolute atomic E-state index is 12.2. The quantitative estimate of drug-likeness (QED) is 0.580. The molecule has 3 rings (SSSR count). The molecule has 1 aromatic carbocycles. The third-order valence-electron chi connectivity index (χ3n) is 3.97. The third kappa shape index (κ3) is 4.39. The summed E-state index contributed by atoms with van der Waals surface area (Å²) in [5, 5.41) is 12.0. The average Bonchev–Trinajstić information content (AvgIpc) is 3.30. The van der Waals surface area contributed by atoms with Gasteiger partial charge in [0.05, 0.1) is 12.0 Å². The van der Waals surface area contributed by atoms with Gasteiger partial charge in [-0.2, -0.15) is 5.10 Å². The highest BCUT2D eigenvalue weighted by Gasteiger charge is 2.11. The SMILES string of the molecule is COc1ccccc1CCNC(=O)CCn1c(-c2cccs2)n[nH]c1=S. The maximum Gasteiger partial charge on any atom is 0.221 e. The number of hydrogen-bond donors (Lipinski definition) is 2. The van der Waals surface area contributed by atoms with Crippen LogP contribution in [0.1, 0.15) is 12.0 Å². The van der Waals surface area contributed by atoms with Crippen molar-refractivity contribution in [1.82, 2.24) is 20.1 Å². The van der Waals surface area contributed by atoms with E-state index in [2.05, 4.69) is 15.5 Å². The summed E-state index contributed by atoms with van der Waals surface area (Å²) in [5.74, 6) is 1.60. The van der Waals surface area contributed by atoms with E-state index in [1.54, 1.807) is 18.4 Å². The number of nitrogens with zero attached hydrogens (tertiary/aromatic N) is 2. The molecule has 0 spiro atoms. The van der Waals surface area contributed by atoms with Crippen LogP contribution in [-0.4, -0.2) is 34.3 Å². The first kappa shape index (κ1) is 18.3. The topological polar surface area (TPSA) is 71.9 Å². The molecule has 136 valence electrons. The van der Waals surface area contributed by atoms with Crippen molar-refractivity contribution in [3.8, 4) is 16.5 Å². The van der Waals surface area contributed by atoms with Gasteiger partial charge in [0.25, 0.3) is 0 Å². The van der Waals surface area contributed by atoms with Crippen LogP contribution in [0.5, 0.6) is 5.75 Å². The Hall–Kier alpha value is -2.45. The first-order valence-corrected chi connectivity index (χ1v) is 9.55. The molecule has 0 saturated heterocycles. The number of nitrogens with one attached hydrogen (secondary N) is 2. The number of ether oxygens (including phenoxy) is 1. The first-order valence-electron chi connectivity index (χ1n) is 8.26. The van der Waals surface area contributed by atoms with Crippen LogP contribution in [0, 0.1) is 4.77 Å². The molecule has 0 atom stereocenters. The number of aromatic amines is 1. The zero-order valence-corrected chi connectivity index (χ0v) is 16.0. The first-order chi connectivity index (χ1) is 12.7. The Bertz CT molecular complexity index is 915. The Kier molecular flexibility index (Phi) is 6.19. The van der Waals surface area contributed by atoms with Crippen LogP contribution < -0.4 is 10.1 Å². The van der Waals surface area contributed by atoms with E-state index < -0.39 is 0 Å². The summed E-state index contributed by atoms with van der Waals surface area (Å²) >= 11 is 6.87. The summed E-state index contributed by atoms with van der Waals surface area (Å²) in [6, 6.07) is 11.8. The number of hydrogen-bond acceptors (Lipinski definition) is 5. The molecule has 0 aliphatic rings. The fraction of sp³-hybridized carbons (Fsp3) is 0.278. The molecular weight excluding hydrogens is 368 g/mol. The highest BCUT2D eigenvalue weighted by molar-refractivity contribution is 7.71. The molecule has 2 aromatic heterocycles. The lowest BCUT2D eigenvalue weighted by atomic mass is 10.1. The number of thiophene rings is 1. The van der Waals surface area contributed by atoms with Crippen molar-refractivity contribution in [3.05, 3.63) is 52.1 Å². The number of methoxy groups -OCH3 is 1. The number of H-pyrrole nitrogens is 1. The van der Waals surface area contributed by atoms with E-state index in [9.17, 15) is 4.79 Å². The molecule has 0 saturated carbocycles. The number of rotatable bonds is 8. The van der Waals surface area contributed by atoms with Crippen molar-refractivity contribution in [2.75, 3.05) is 13.7 Å². The van der Waals surface area contributed by atoms with Gasteiger partial charge in [-0.1, -0.05) is 24.3 Å². The van der Waals surface area contributed by atoms with Crippen molar-refractivity contribution in [2.24, 2.45) is 0 Å². The van der Waals surface area contributed by atoms with Gasteiger partial charge in [-0.25, -0.2) is 0 Å². The molecule has 0 radical (unpaired) electrons. The van der Waals surface area contributed by atoms with Crippen LogP contribution in [-0.2, 0) is 17.8 Å². The molecule has 8 heteroatoms. The summed E-state index contributed by atoms with van der Waals surface area (Å²) < 4.78 is 7.71. The van der Waals surface area contributed by atoms with E-state index in [0.717, 1.165) is 28.4 Å². The van der Waals surface area contributed by atoms with E-state index in [1.165, 1.54) is 0 Å². The molecule has 2 N–H and O–H groups in total. The van der Waals surface area contributed by atoms with Crippen molar-refractivity contribution >= 4 is 29.5 Å². The second-order valence-electron chi connectivity index (χ2n) is 5.64. The average molecular weight is 389 g/mol. The lowest BCUT2D eigenvalue weighted by Crippen LogP contribution is -2.26. The molecule has 0 aliphatic heterocycles. The molecule has 6 nitrogen and oxygen atoms in total. The van der Waals surface area contributed by atoms with Gasteiger partial charge < -0.3 is 10.1 Å². The van der Waals surface area contributed by atoms with Gasteiger partial charge in [0.15, 0.2) is 10.6 Å². The summed E-state index contributed by atoms with van der Waals surface area (Å²) in [7, 11) is 1.65. The number of para-hydroxylation sites is 1. The van der Waals surface area contributed by atoms with Crippen LogP contribution in [0.4, 0.5) is 0 Å². The summed E-state index contributed by atoms with van der Waals surface area (Å²) in [5.41, 5.74) is 1.08. The number of amides is 1. The zero-order chi connectivity index (χ0) is 18.4. The minimum absolute atomic E-state index is 0.0138. The van der Waals surface area contributed by atoms with Gasteiger partial charge in [-0.05, 0) is 41.7 Å². The number of aromatic nitrogens is 3. The van der Waals surface area contributed by atoms with Crippen LogP contribution in [0.25, 0.3) is 10.7 Å². The van der Waals surface area contributed by atoms with Crippen LogP contribution in [0.15, 0.2) is 41.8 Å². The Balaban J connectivity index is 1.52. The van der Waals surface area contributed by atoms with Crippen LogP contribution in [0.2, 0.25) is 0 Å². The van der Waals surface area contributed by atoms with Crippen LogP contribution in [0.3, 0.4) is 0 Å². The molecule has 0 fully saturated rings. The number of carbonyl (C=O) groups is 1.